The lowest BCUT2D eigenvalue weighted by Gasteiger charge is -2.36. The topological polar surface area (TPSA) is 49.6 Å². The molecular formula is C51H37N3. The number of benzene rings is 7. The van der Waals surface area contributed by atoms with Gasteiger partial charge in [-0.1, -0.05) is 165 Å². The van der Waals surface area contributed by atoms with Crippen molar-refractivity contribution in [1.82, 2.24) is 9.97 Å². The van der Waals surface area contributed by atoms with Crippen LogP contribution in [-0.4, -0.2) is 9.97 Å². The zero-order valence-electron chi connectivity index (χ0n) is 30.0. The molecule has 0 amide bonds. The Hall–Kier alpha value is -6.63. The van der Waals surface area contributed by atoms with Gasteiger partial charge in [-0.05, 0) is 86.3 Å². The fourth-order valence-electron chi connectivity index (χ4n) is 9.21. The minimum absolute atomic E-state index is 0.0172. The van der Waals surface area contributed by atoms with Gasteiger partial charge in [0, 0.05) is 22.1 Å². The maximum Gasteiger partial charge on any atom is 0.160 e. The fraction of sp³-hybridized carbons (Fsp3) is 0.118. The van der Waals surface area contributed by atoms with Crippen molar-refractivity contribution < 1.29 is 0 Å². The van der Waals surface area contributed by atoms with E-state index in [0.29, 0.717) is 5.82 Å². The molecule has 10 rings (SSSR count). The van der Waals surface area contributed by atoms with E-state index in [9.17, 15) is 5.26 Å². The van der Waals surface area contributed by atoms with Crippen LogP contribution < -0.4 is 0 Å². The average molecular weight is 692 g/mol. The summed E-state index contributed by atoms with van der Waals surface area (Å²) < 4.78 is 0. The molecule has 0 aliphatic heterocycles. The molecule has 2 aliphatic rings. The number of aromatic nitrogens is 2. The normalized spacial score (nSPS) is 14.1. The van der Waals surface area contributed by atoms with Crippen molar-refractivity contribution in [2.45, 2.75) is 37.5 Å². The number of hydrogen-bond acceptors (Lipinski definition) is 3. The highest BCUT2D eigenvalue weighted by molar-refractivity contribution is 6.08. The first-order chi connectivity index (χ1) is 26.7. The second kappa shape index (κ2) is 13.1. The second-order valence-electron chi connectivity index (χ2n) is 14.7. The Morgan fingerprint density at radius 1 is 0.444 bits per heavy atom. The summed E-state index contributed by atoms with van der Waals surface area (Å²) in [6, 6.07) is 60.6. The molecule has 7 aromatic carbocycles. The van der Waals surface area contributed by atoms with Crippen LogP contribution in [0, 0.1) is 11.3 Å². The molecule has 0 N–H and O–H groups in total. The van der Waals surface area contributed by atoms with Crippen molar-refractivity contribution in [3.8, 4) is 73.4 Å². The van der Waals surface area contributed by atoms with E-state index in [0.717, 1.165) is 52.0 Å². The Bertz CT molecular complexity index is 2680. The lowest BCUT2D eigenvalue weighted by atomic mass is 9.67. The van der Waals surface area contributed by atoms with E-state index in [1.54, 1.807) is 0 Å². The van der Waals surface area contributed by atoms with Crippen molar-refractivity contribution in [3.05, 3.63) is 180 Å². The van der Waals surface area contributed by atoms with E-state index in [1.165, 1.54) is 69.0 Å². The molecule has 54 heavy (non-hydrogen) atoms. The van der Waals surface area contributed by atoms with Gasteiger partial charge in [0.05, 0.1) is 23.0 Å². The molecule has 0 atom stereocenters. The van der Waals surface area contributed by atoms with E-state index in [4.69, 9.17) is 9.97 Å². The third-order valence-corrected chi connectivity index (χ3v) is 11.8. The van der Waals surface area contributed by atoms with Gasteiger partial charge in [0.25, 0.3) is 0 Å². The van der Waals surface area contributed by atoms with Gasteiger partial charge >= 0.3 is 0 Å². The molecule has 1 aromatic heterocycles. The Balaban J connectivity index is 1.07. The van der Waals surface area contributed by atoms with Crippen LogP contribution in [0.5, 0.6) is 0 Å². The van der Waals surface area contributed by atoms with E-state index in [1.807, 2.05) is 42.5 Å². The van der Waals surface area contributed by atoms with Crippen LogP contribution in [-0.2, 0) is 5.41 Å². The summed E-state index contributed by atoms with van der Waals surface area (Å²) in [5.41, 5.74) is 15.9. The van der Waals surface area contributed by atoms with Gasteiger partial charge in [0.2, 0.25) is 0 Å². The standard InChI is InChI=1S/C51H37N3/c52-33-34-21-26-44-46(31-34)51(29-10-3-11-30-51)45-20-12-19-43(49(44)45)42-28-27-39(40-17-8-9-18-41(40)42)35-22-24-37(25-23-35)48-32-47(36-13-4-1-5-14-36)53-50(54-48)38-15-6-2-7-16-38/h1-2,4-9,12-28,31-32H,3,10-11,29-30H2. The van der Waals surface area contributed by atoms with Crippen LogP contribution in [0.1, 0.15) is 48.8 Å². The van der Waals surface area contributed by atoms with Gasteiger partial charge in [-0.25, -0.2) is 9.97 Å². The molecule has 1 fully saturated rings. The molecule has 3 heteroatoms. The first-order valence-electron chi connectivity index (χ1n) is 19.0. The summed E-state index contributed by atoms with van der Waals surface area (Å²) in [6.45, 7) is 0. The van der Waals surface area contributed by atoms with Gasteiger partial charge in [-0.3, -0.25) is 0 Å². The number of hydrogen-bond donors (Lipinski definition) is 0. The molecule has 256 valence electrons. The molecule has 1 spiro atoms. The Kier molecular flexibility index (Phi) is 7.77. The first-order valence-corrected chi connectivity index (χ1v) is 19.0. The van der Waals surface area contributed by atoms with Gasteiger partial charge in [-0.15, -0.1) is 0 Å². The number of nitrogens with zero attached hydrogens (tertiary/aromatic N) is 3. The summed E-state index contributed by atoms with van der Waals surface area (Å²) in [6.07, 6.45) is 5.99. The summed E-state index contributed by atoms with van der Waals surface area (Å²) in [4.78, 5) is 10.0. The smallest absolute Gasteiger partial charge is 0.160 e. The lowest BCUT2D eigenvalue weighted by molar-refractivity contribution is 0.353. The summed E-state index contributed by atoms with van der Waals surface area (Å²) in [5.74, 6) is 0.715. The van der Waals surface area contributed by atoms with E-state index in [-0.39, 0.29) is 5.41 Å². The quantitative estimate of drug-likeness (QED) is 0.180. The molecule has 0 radical (unpaired) electrons. The number of fused-ring (bicyclic) bond motifs is 6. The highest BCUT2D eigenvalue weighted by Gasteiger charge is 2.44. The lowest BCUT2D eigenvalue weighted by Crippen LogP contribution is -2.28. The molecular weight excluding hydrogens is 655 g/mol. The third-order valence-electron chi connectivity index (χ3n) is 11.8. The van der Waals surface area contributed by atoms with Gasteiger partial charge in [0.15, 0.2) is 5.82 Å². The van der Waals surface area contributed by atoms with Crippen LogP contribution >= 0.6 is 0 Å². The fourth-order valence-corrected chi connectivity index (χ4v) is 9.21. The van der Waals surface area contributed by atoms with Crippen LogP contribution in [0.4, 0.5) is 0 Å². The molecule has 1 saturated carbocycles. The first kappa shape index (κ1) is 32.1. The predicted octanol–water partition coefficient (Wildman–Crippen LogP) is 13.1. The largest absolute Gasteiger partial charge is 0.228 e. The average Bonchev–Trinajstić information content (AvgIpc) is 3.52. The summed E-state index contributed by atoms with van der Waals surface area (Å²) in [5, 5.41) is 12.3. The van der Waals surface area contributed by atoms with Crippen molar-refractivity contribution in [2.75, 3.05) is 0 Å². The zero-order chi connectivity index (χ0) is 36.1. The van der Waals surface area contributed by atoms with Crippen molar-refractivity contribution >= 4 is 10.8 Å². The minimum atomic E-state index is -0.0172. The monoisotopic (exact) mass is 691 g/mol. The molecule has 0 saturated heterocycles. The molecule has 0 unspecified atom stereocenters. The molecule has 8 aromatic rings. The number of nitriles is 1. The zero-order valence-corrected chi connectivity index (χ0v) is 30.0. The van der Waals surface area contributed by atoms with E-state index < -0.39 is 0 Å². The second-order valence-corrected chi connectivity index (χ2v) is 14.7. The van der Waals surface area contributed by atoms with Gasteiger partial charge in [0.1, 0.15) is 0 Å². The molecule has 3 nitrogen and oxygen atoms in total. The third kappa shape index (κ3) is 5.26. The van der Waals surface area contributed by atoms with E-state index in [2.05, 4.69) is 127 Å². The summed E-state index contributed by atoms with van der Waals surface area (Å²) >= 11 is 0. The maximum atomic E-state index is 9.87. The van der Waals surface area contributed by atoms with Gasteiger partial charge < -0.3 is 0 Å². The van der Waals surface area contributed by atoms with Gasteiger partial charge in [-0.2, -0.15) is 5.26 Å². The van der Waals surface area contributed by atoms with Crippen LogP contribution in [0.3, 0.4) is 0 Å². The molecule has 2 aliphatic carbocycles. The van der Waals surface area contributed by atoms with Crippen molar-refractivity contribution in [3.63, 3.8) is 0 Å². The predicted molar refractivity (Wildman–Crippen MR) is 221 cm³/mol. The Morgan fingerprint density at radius 2 is 1.04 bits per heavy atom. The SMILES string of the molecule is N#Cc1ccc2c(c1)C1(CCCCC1)c1cccc(-c3ccc(-c4ccc(-c5cc(-c6ccccc6)nc(-c6ccccc6)n5)cc4)c4ccccc34)c1-2. The van der Waals surface area contributed by atoms with Crippen LogP contribution in [0.15, 0.2) is 164 Å². The highest BCUT2D eigenvalue weighted by Crippen LogP contribution is 2.58. The Labute approximate surface area is 316 Å². The maximum absolute atomic E-state index is 9.87. The highest BCUT2D eigenvalue weighted by atomic mass is 14.9. The number of rotatable bonds is 5. The molecule has 0 bridgehead atoms. The van der Waals surface area contributed by atoms with Crippen LogP contribution in [0.25, 0.3) is 78.1 Å². The Morgan fingerprint density at radius 3 is 1.74 bits per heavy atom. The van der Waals surface area contributed by atoms with Crippen LogP contribution in [0.2, 0.25) is 0 Å². The molecule has 1 heterocycles. The van der Waals surface area contributed by atoms with Crippen molar-refractivity contribution in [2.24, 2.45) is 0 Å². The summed E-state index contributed by atoms with van der Waals surface area (Å²) in [7, 11) is 0. The van der Waals surface area contributed by atoms with Crippen molar-refractivity contribution in [1.29, 1.82) is 5.26 Å². The minimum Gasteiger partial charge on any atom is -0.228 e. The van der Waals surface area contributed by atoms with E-state index >= 15 is 0 Å².